The van der Waals surface area contributed by atoms with Gasteiger partial charge in [0, 0.05) is 105 Å². The van der Waals surface area contributed by atoms with Crippen molar-refractivity contribution in [1.29, 1.82) is 0 Å². The van der Waals surface area contributed by atoms with E-state index in [0.29, 0.717) is 52.4 Å². The topological polar surface area (TPSA) is 131 Å². The maximum absolute atomic E-state index is 5.10. The van der Waals surface area contributed by atoms with Gasteiger partial charge in [0.15, 0.2) is 52.4 Å². The van der Waals surface area contributed by atoms with Crippen LogP contribution in [0.2, 0.25) is 0 Å². The molecule has 145 heavy (non-hydrogen) atoms. The van der Waals surface area contributed by atoms with E-state index in [4.69, 9.17) is 44.9 Å². The van der Waals surface area contributed by atoms with Gasteiger partial charge in [0.05, 0.1) is 38.8 Å². The molecule has 0 radical (unpaired) electrons. The minimum atomic E-state index is 0.637. The SMILES string of the molecule is c1ccc(-c2nc(-c3ccccc3)nc(-c3cccc(-c4cccc(-c5cccc6c5c5cccc(-c7ccccc7)c5n6-c5ccccc5)c4)c3)n2)cc1.c1ccc(-c2nc(-c3ccccc3)nc(-c3cccc4c3c3ccccc3n4-c3ccc4c(ccc5ccccc54)c3)n2)cc1.c1ccc(-c2nc(-c3ccccc3)nc(-c3cccc4c3c3ccccc3n4-c3cccc4ccc5ccccc5c34)n2)cc1. The minimum Gasteiger partial charge on any atom is -0.309 e. The van der Waals surface area contributed by atoms with Gasteiger partial charge in [0.2, 0.25) is 0 Å². The van der Waals surface area contributed by atoms with Gasteiger partial charge in [-0.2, -0.15) is 0 Å². The standard InChI is InChI=1S/C51H34N4.2C41H26N4/c1-5-17-35(18-6-1)44-30-15-31-45-47-43(29-16-32-46(47)55(48(44)45)42-27-11-4-12-28-42)40-25-13-23-38(33-40)39-24-14-26-41(34-39)51-53-49(36-19-7-2-8-20-36)52-50(54-51)37-21-9-3-10-22-37;1-3-14-29(15-4-1)39-42-40(30-16-5-2-6-17-30)44-41(43-39)33-21-12-24-36-38(33)32-20-9-10-22-34(32)45(36)35-23-11-18-28-26-25-27-13-7-8-19-31(27)37(28)35;1-3-13-28(14-4-1)39-42-40(29-15-5-2-6-16-29)44-41(43-39)35-19-11-21-37-38(35)34-18-9-10-20-36(34)45(37)31-24-25-33-30(26-31)23-22-27-12-7-8-17-32(27)33/h1-34H;2*1-26H. The number of fused-ring (bicyclic) bond motifs is 15. The van der Waals surface area contributed by atoms with Crippen LogP contribution in [0, 0.1) is 0 Å². The second-order valence-corrected chi connectivity index (χ2v) is 36.2. The van der Waals surface area contributed by atoms with Gasteiger partial charge in [0.25, 0.3) is 0 Å². The molecule has 0 aliphatic heterocycles. The number of nitrogens with zero attached hydrogens (tertiary/aromatic N) is 12. The quantitative estimate of drug-likeness (QED) is 0.0921. The first kappa shape index (κ1) is 85.7. The van der Waals surface area contributed by atoms with E-state index in [9.17, 15) is 0 Å². The highest BCUT2D eigenvalue weighted by Gasteiger charge is 2.27. The van der Waals surface area contributed by atoms with Gasteiger partial charge in [0.1, 0.15) is 0 Å². The number of para-hydroxylation sites is 4. The van der Waals surface area contributed by atoms with Crippen molar-refractivity contribution in [2.75, 3.05) is 0 Å². The summed E-state index contributed by atoms with van der Waals surface area (Å²) in [6.07, 6.45) is 0. The van der Waals surface area contributed by atoms with Crippen molar-refractivity contribution in [2.24, 2.45) is 0 Å². The average Bonchev–Trinajstić information content (AvgIpc) is 1.57. The van der Waals surface area contributed by atoms with E-state index in [-0.39, 0.29) is 0 Å². The molecule has 6 heterocycles. The summed E-state index contributed by atoms with van der Waals surface area (Å²) in [5.74, 6) is 5.86. The Bertz CT molecular complexity index is 9630. The van der Waals surface area contributed by atoms with Crippen LogP contribution in [-0.4, -0.2) is 58.6 Å². The van der Waals surface area contributed by atoms with E-state index >= 15 is 0 Å². The first-order valence-electron chi connectivity index (χ1n) is 48.8. The Morgan fingerprint density at radius 3 is 0.938 bits per heavy atom. The van der Waals surface area contributed by atoms with Crippen LogP contribution in [0.4, 0.5) is 0 Å². The molecule has 28 aromatic rings. The summed E-state index contributed by atoms with van der Waals surface area (Å²) in [6.45, 7) is 0. The molecule has 28 rings (SSSR count). The van der Waals surface area contributed by atoms with Crippen LogP contribution in [0.3, 0.4) is 0 Å². The number of hydrogen-bond donors (Lipinski definition) is 0. The van der Waals surface area contributed by atoms with Crippen LogP contribution in [0.15, 0.2) is 522 Å². The summed E-state index contributed by atoms with van der Waals surface area (Å²) in [6, 6.07) is 182. The van der Waals surface area contributed by atoms with Crippen LogP contribution in [0.5, 0.6) is 0 Å². The molecule has 0 atom stereocenters. The number of rotatable bonds is 15. The third kappa shape index (κ3) is 16.0. The molecule has 0 N–H and O–H groups in total. The van der Waals surface area contributed by atoms with Gasteiger partial charge in [-0.1, -0.05) is 449 Å². The third-order valence-electron chi connectivity index (χ3n) is 27.5. The van der Waals surface area contributed by atoms with Crippen LogP contribution in [0.25, 0.3) is 261 Å². The normalized spacial score (nSPS) is 11.4. The van der Waals surface area contributed by atoms with Crippen LogP contribution >= 0.6 is 0 Å². The zero-order valence-corrected chi connectivity index (χ0v) is 78.5. The van der Waals surface area contributed by atoms with Crippen molar-refractivity contribution in [1.82, 2.24) is 58.6 Å². The largest absolute Gasteiger partial charge is 0.309 e. The molecule has 0 aliphatic rings. The second-order valence-electron chi connectivity index (χ2n) is 36.2. The fourth-order valence-corrected chi connectivity index (χ4v) is 20.9. The van der Waals surface area contributed by atoms with E-state index in [2.05, 4.69) is 353 Å². The second kappa shape index (κ2) is 37.2. The van der Waals surface area contributed by atoms with Crippen molar-refractivity contribution in [3.8, 4) is 153 Å². The van der Waals surface area contributed by atoms with E-state index in [0.717, 1.165) is 127 Å². The summed E-state index contributed by atoms with van der Waals surface area (Å²) >= 11 is 0. The highest BCUT2D eigenvalue weighted by atomic mass is 15.1. The van der Waals surface area contributed by atoms with Gasteiger partial charge in [-0.25, -0.2) is 44.9 Å². The molecular formula is C133H86N12. The maximum Gasteiger partial charge on any atom is 0.164 e. The lowest BCUT2D eigenvalue weighted by molar-refractivity contribution is 1.07. The Morgan fingerprint density at radius 1 is 0.131 bits per heavy atom. The monoisotopic (exact) mass is 1850 g/mol. The molecule has 6 aromatic heterocycles. The molecule has 0 saturated carbocycles. The van der Waals surface area contributed by atoms with E-state index in [1.165, 1.54) is 81.6 Å². The Labute approximate surface area is 835 Å². The molecule has 0 aliphatic carbocycles. The molecule has 0 fully saturated rings. The number of benzene rings is 22. The fourth-order valence-electron chi connectivity index (χ4n) is 20.9. The Balaban J connectivity index is 0.000000112. The lowest BCUT2D eigenvalue weighted by atomic mass is 9.94. The molecule has 0 bridgehead atoms. The highest BCUT2D eigenvalue weighted by Crippen LogP contribution is 2.47. The summed E-state index contributed by atoms with van der Waals surface area (Å²) < 4.78 is 7.19. The van der Waals surface area contributed by atoms with Crippen molar-refractivity contribution in [3.05, 3.63) is 522 Å². The number of aromatic nitrogens is 12. The summed E-state index contributed by atoms with van der Waals surface area (Å²) in [5.41, 5.74) is 25.8. The van der Waals surface area contributed by atoms with Crippen LogP contribution in [0.1, 0.15) is 0 Å². The number of hydrogen-bond acceptors (Lipinski definition) is 9. The Morgan fingerprint density at radius 2 is 0.434 bits per heavy atom. The molecule has 0 amide bonds. The lowest BCUT2D eigenvalue weighted by Gasteiger charge is -2.14. The molecule has 22 aromatic carbocycles. The predicted molar refractivity (Wildman–Crippen MR) is 598 cm³/mol. The van der Waals surface area contributed by atoms with E-state index in [1.54, 1.807) is 0 Å². The smallest absolute Gasteiger partial charge is 0.164 e. The molecule has 0 unspecified atom stereocenters. The van der Waals surface area contributed by atoms with Crippen LogP contribution in [-0.2, 0) is 0 Å². The summed E-state index contributed by atoms with van der Waals surface area (Å²) in [4.78, 5) is 45.1. The first-order chi connectivity index (χ1) is 71.9. The predicted octanol–water partition coefficient (Wildman–Crippen LogP) is 33.5. The van der Waals surface area contributed by atoms with Crippen molar-refractivity contribution in [2.45, 2.75) is 0 Å². The van der Waals surface area contributed by atoms with Gasteiger partial charge >= 0.3 is 0 Å². The fraction of sp³-hybridized carbons (Fsp3) is 0. The zero-order chi connectivity index (χ0) is 96.0. The first-order valence-corrected chi connectivity index (χ1v) is 48.8. The molecular weight excluding hydrogens is 1770 g/mol. The minimum absolute atomic E-state index is 0.637. The highest BCUT2D eigenvalue weighted by molar-refractivity contribution is 6.22. The van der Waals surface area contributed by atoms with Gasteiger partial charge in [-0.05, 0) is 138 Å². The lowest BCUT2D eigenvalue weighted by Crippen LogP contribution is -2.00. The zero-order valence-electron chi connectivity index (χ0n) is 78.5. The van der Waals surface area contributed by atoms with Gasteiger partial charge < -0.3 is 13.7 Å². The molecule has 0 saturated heterocycles. The molecule has 678 valence electrons. The van der Waals surface area contributed by atoms with E-state index in [1.807, 2.05) is 182 Å². The molecule has 12 heteroatoms. The van der Waals surface area contributed by atoms with Gasteiger partial charge in [-0.15, -0.1) is 0 Å². The maximum atomic E-state index is 5.10. The third-order valence-corrected chi connectivity index (χ3v) is 27.5. The molecule has 0 spiro atoms. The Kier molecular flexibility index (Phi) is 22.0. The van der Waals surface area contributed by atoms with Crippen molar-refractivity contribution in [3.63, 3.8) is 0 Å². The summed E-state index contributed by atoms with van der Waals surface area (Å²) in [7, 11) is 0. The van der Waals surface area contributed by atoms with E-state index < -0.39 is 0 Å². The summed E-state index contributed by atoms with van der Waals surface area (Å²) in [5, 5.41) is 16.9. The molecule has 12 nitrogen and oxygen atoms in total. The van der Waals surface area contributed by atoms with Gasteiger partial charge in [-0.3, -0.25) is 0 Å². The average molecular weight is 1850 g/mol. The Hall–Kier alpha value is -19.7. The van der Waals surface area contributed by atoms with Crippen molar-refractivity contribution >= 4 is 109 Å². The van der Waals surface area contributed by atoms with Crippen molar-refractivity contribution < 1.29 is 0 Å². The van der Waals surface area contributed by atoms with Crippen LogP contribution < -0.4 is 0 Å².